The summed E-state index contributed by atoms with van der Waals surface area (Å²) in [5.41, 5.74) is 1.61. The van der Waals surface area contributed by atoms with Crippen molar-refractivity contribution >= 4 is 29.4 Å². The maximum absolute atomic E-state index is 13.6. The van der Waals surface area contributed by atoms with Crippen LogP contribution in [0.3, 0.4) is 0 Å². The average Bonchev–Trinajstić information content (AvgIpc) is 2.75. The van der Waals surface area contributed by atoms with Crippen LogP contribution in [0.5, 0.6) is 0 Å². The zero-order valence-electron chi connectivity index (χ0n) is 19.7. The molecule has 1 heterocycles. The van der Waals surface area contributed by atoms with E-state index in [0.717, 1.165) is 5.56 Å². The van der Waals surface area contributed by atoms with E-state index in [-0.39, 0.29) is 16.8 Å². The van der Waals surface area contributed by atoms with Gasteiger partial charge >= 0.3 is 5.97 Å². The number of nitrogens with one attached hydrogen (secondary N) is 1. The van der Waals surface area contributed by atoms with Crippen LogP contribution in [0.15, 0.2) is 35.1 Å². The lowest BCUT2D eigenvalue weighted by molar-refractivity contribution is -0.142. The van der Waals surface area contributed by atoms with E-state index < -0.39 is 23.5 Å². The van der Waals surface area contributed by atoms with Gasteiger partial charge in [0.05, 0.1) is 7.11 Å². The Balaban J connectivity index is 2.14. The lowest BCUT2D eigenvalue weighted by Gasteiger charge is -2.32. The van der Waals surface area contributed by atoms with Crippen molar-refractivity contribution in [3.8, 4) is 5.69 Å². The molecule has 0 fully saturated rings. The van der Waals surface area contributed by atoms with Crippen LogP contribution in [0.4, 0.5) is 0 Å². The van der Waals surface area contributed by atoms with Crippen LogP contribution in [0.2, 0.25) is 0 Å². The molecule has 1 amide bonds. The molecule has 0 aliphatic heterocycles. The highest BCUT2D eigenvalue weighted by molar-refractivity contribution is 7.98. The Labute approximate surface area is 197 Å². The van der Waals surface area contributed by atoms with E-state index in [4.69, 9.17) is 4.74 Å². The third-order valence-electron chi connectivity index (χ3n) is 5.83. The van der Waals surface area contributed by atoms with E-state index >= 15 is 0 Å². The number of hydrogen-bond donors (Lipinski definition) is 1. The minimum absolute atomic E-state index is 0.108. The number of aryl methyl sites for hydroxylation is 1. The van der Waals surface area contributed by atoms with Gasteiger partial charge in [-0.25, -0.2) is 4.79 Å². The number of esters is 1. The van der Waals surface area contributed by atoms with Crippen LogP contribution >= 0.6 is 11.8 Å². The van der Waals surface area contributed by atoms with Gasteiger partial charge in [0.1, 0.15) is 11.6 Å². The summed E-state index contributed by atoms with van der Waals surface area (Å²) in [6, 6.07) is 7.88. The number of Topliss-reactive ketones (excluding diaryl/α,β-unsaturated/α-hetero) is 1. The highest BCUT2D eigenvalue weighted by atomic mass is 32.2. The maximum atomic E-state index is 13.6. The molecule has 0 saturated carbocycles. The Hall–Kier alpha value is -2.87. The molecule has 7 nitrogen and oxygen atoms in total. The number of rotatable bonds is 7. The third kappa shape index (κ3) is 5.38. The highest BCUT2D eigenvalue weighted by Gasteiger charge is 2.35. The maximum Gasteiger partial charge on any atom is 0.328 e. The second-order valence-electron chi connectivity index (χ2n) is 9.17. The van der Waals surface area contributed by atoms with Crippen molar-refractivity contribution in [2.45, 2.75) is 46.1 Å². The van der Waals surface area contributed by atoms with Crippen molar-refractivity contribution in [3.05, 3.63) is 63.1 Å². The summed E-state index contributed by atoms with van der Waals surface area (Å²) < 4.78 is 6.28. The zero-order valence-corrected chi connectivity index (χ0v) is 20.5. The molecule has 0 spiro atoms. The fourth-order valence-corrected chi connectivity index (χ4v) is 4.58. The number of ether oxygens (including phenoxy) is 1. The first-order chi connectivity index (χ1) is 15.6. The molecule has 33 heavy (non-hydrogen) atoms. The van der Waals surface area contributed by atoms with Crippen molar-refractivity contribution in [1.29, 1.82) is 0 Å². The molecule has 0 saturated heterocycles. The molecule has 176 valence electrons. The average molecular weight is 471 g/mol. The quantitative estimate of drug-likeness (QED) is 0.624. The Bertz CT molecular complexity index is 1130. The summed E-state index contributed by atoms with van der Waals surface area (Å²) in [4.78, 5) is 51.9. The number of hydrogen-bond acceptors (Lipinski definition) is 6. The van der Waals surface area contributed by atoms with Gasteiger partial charge in [0.2, 0.25) is 0 Å². The largest absolute Gasteiger partial charge is 0.467 e. The second-order valence-corrected chi connectivity index (χ2v) is 10.2. The van der Waals surface area contributed by atoms with Crippen molar-refractivity contribution in [2.75, 3.05) is 19.1 Å². The van der Waals surface area contributed by atoms with Gasteiger partial charge in [-0.3, -0.25) is 19.0 Å². The molecule has 1 aromatic heterocycles. The summed E-state index contributed by atoms with van der Waals surface area (Å²) in [5, 5.41) is 2.63. The number of fused-ring (bicyclic) bond motifs is 1. The number of methoxy groups -OCH3 is 1. The van der Waals surface area contributed by atoms with Gasteiger partial charge in [0.25, 0.3) is 11.5 Å². The molecule has 0 radical (unpaired) electrons. The number of pyridine rings is 1. The Morgan fingerprint density at radius 1 is 1.18 bits per heavy atom. The zero-order chi connectivity index (χ0) is 24.3. The number of ketones is 1. The summed E-state index contributed by atoms with van der Waals surface area (Å²) >= 11 is 1.53. The first kappa shape index (κ1) is 24.8. The lowest BCUT2D eigenvalue weighted by Crippen LogP contribution is -2.45. The van der Waals surface area contributed by atoms with Crippen LogP contribution in [-0.4, -0.2) is 47.4 Å². The predicted molar refractivity (Wildman–Crippen MR) is 129 cm³/mol. The standard InChI is InChI=1S/C25H30N2O5S/c1-15-6-8-16(9-7-15)27-20-13-25(2,3)14-21(28)17(20)12-18(23(27)30)22(29)26-19(10-11-33-5)24(31)32-4/h6-9,12,19H,10-11,13-14H2,1-5H3,(H,26,29)/t19-/m1/s1. The van der Waals surface area contributed by atoms with Gasteiger partial charge in [-0.15, -0.1) is 0 Å². The summed E-state index contributed by atoms with van der Waals surface area (Å²) in [6.07, 6.45) is 3.11. The van der Waals surface area contributed by atoms with Crippen LogP contribution < -0.4 is 10.9 Å². The summed E-state index contributed by atoms with van der Waals surface area (Å²) in [6.45, 7) is 5.93. The number of carbonyl (C=O) groups is 3. The first-order valence-electron chi connectivity index (χ1n) is 10.8. The van der Waals surface area contributed by atoms with Gasteiger partial charge in [-0.2, -0.15) is 11.8 Å². The van der Waals surface area contributed by atoms with Gasteiger partial charge in [0, 0.05) is 23.4 Å². The molecule has 1 N–H and O–H groups in total. The van der Waals surface area contributed by atoms with Crippen molar-refractivity contribution in [2.24, 2.45) is 5.41 Å². The molecule has 2 aromatic rings. The second kappa shape index (κ2) is 9.95. The number of nitrogens with zero attached hydrogens (tertiary/aromatic N) is 1. The van der Waals surface area contributed by atoms with E-state index in [1.165, 1.54) is 29.5 Å². The number of carbonyl (C=O) groups excluding carboxylic acids is 3. The minimum Gasteiger partial charge on any atom is -0.467 e. The van der Waals surface area contributed by atoms with E-state index in [9.17, 15) is 19.2 Å². The molecule has 1 aromatic carbocycles. The predicted octanol–water partition coefficient (Wildman–Crippen LogP) is 3.33. The van der Waals surface area contributed by atoms with E-state index in [1.807, 2.05) is 39.2 Å². The van der Waals surface area contributed by atoms with Crippen LogP contribution in [0.25, 0.3) is 5.69 Å². The molecule has 1 aliphatic rings. The van der Waals surface area contributed by atoms with Crippen molar-refractivity contribution in [1.82, 2.24) is 9.88 Å². The van der Waals surface area contributed by atoms with E-state index in [2.05, 4.69) is 5.32 Å². The molecule has 1 atom stereocenters. The summed E-state index contributed by atoms with van der Waals surface area (Å²) in [5.74, 6) is -0.751. The van der Waals surface area contributed by atoms with Gasteiger partial charge < -0.3 is 10.1 Å². The van der Waals surface area contributed by atoms with E-state index in [1.54, 1.807) is 12.1 Å². The van der Waals surface area contributed by atoms with Crippen molar-refractivity contribution < 1.29 is 19.1 Å². The Morgan fingerprint density at radius 3 is 2.45 bits per heavy atom. The summed E-state index contributed by atoms with van der Waals surface area (Å²) in [7, 11) is 1.25. The van der Waals surface area contributed by atoms with Crippen LogP contribution in [0, 0.1) is 12.3 Å². The van der Waals surface area contributed by atoms with Gasteiger partial charge in [-0.05, 0) is 55.4 Å². The van der Waals surface area contributed by atoms with Gasteiger partial charge in [0.15, 0.2) is 5.78 Å². The minimum atomic E-state index is -0.882. The monoisotopic (exact) mass is 470 g/mol. The van der Waals surface area contributed by atoms with E-state index in [0.29, 0.717) is 42.0 Å². The SMILES string of the molecule is COC(=O)[C@@H](CCSC)NC(=O)c1cc2c(n(-c3ccc(C)cc3)c1=O)CC(C)(C)CC2=O. The number of thioether (sulfide) groups is 1. The number of benzene rings is 1. The van der Waals surface area contributed by atoms with Crippen LogP contribution in [0.1, 0.15) is 58.7 Å². The fraction of sp³-hybridized carbons (Fsp3) is 0.440. The molecule has 0 bridgehead atoms. The third-order valence-corrected chi connectivity index (χ3v) is 6.47. The highest BCUT2D eigenvalue weighted by Crippen LogP contribution is 2.35. The molecular weight excluding hydrogens is 440 g/mol. The number of aromatic nitrogens is 1. The Morgan fingerprint density at radius 2 is 1.85 bits per heavy atom. The normalized spacial score (nSPS) is 15.5. The lowest BCUT2D eigenvalue weighted by atomic mass is 9.75. The molecular formula is C25H30N2O5S. The number of amides is 1. The van der Waals surface area contributed by atoms with Crippen molar-refractivity contribution in [3.63, 3.8) is 0 Å². The molecule has 0 unspecified atom stereocenters. The first-order valence-corrected chi connectivity index (χ1v) is 12.2. The molecule has 8 heteroatoms. The molecule has 1 aliphatic carbocycles. The fourth-order valence-electron chi connectivity index (χ4n) is 4.11. The Kier molecular flexibility index (Phi) is 7.47. The molecule has 3 rings (SSSR count). The smallest absolute Gasteiger partial charge is 0.328 e. The van der Waals surface area contributed by atoms with Crippen LogP contribution in [-0.2, 0) is 16.0 Å². The van der Waals surface area contributed by atoms with Gasteiger partial charge in [-0.1, -0.05) is 31.5 Å². The topological polar surface area (TPSA) is 94.5 Å².